The van der Waals surface area contributed by atoms with Crippen LogP contribution in [0.2, 0.25) is 0 Å². The Kier molecular flexibility index (Phi) is 5.56. The summed E-state index contributed by atoms with van der Waals surface area (Å²) in [5.41, 5.74) is 4.94. The van der Waals surface area contributed by atoms with Crippen LogP contribution in [0.5, 0.6) is 0 Å². The first kappa shape index (κ1) is 10.2. The predicted molar refractivity (Wildman–Crippen MR) is 40.9 cm³/mol. The first-order valence-electron chi connectivity index (χ1n) is 3.66. The Labute approximate surface area is 66.7 Å². The van der Waals surface area contributed by atoms with Gasteiger partial charge in [-0.3, -0.25) is 5.73 Å². The first-order chi connectivity index (χ1) is 5.16. The Morgan fingerprint density at radius 1 is 1.45 bits per heavy atom. The zero-order valence-corrected chi connectivity index (χ0v) is 7.00. The fourth-order valence-corrected chi connectivity index (χ4v) is 0.488. The average Bonchev–Trinajstić information content (AvgIpc) is 1.87. The molecule has 0 saturated heterocycles. The van der Waals surface area contributed by atoms with E-state index in [2.05, 4.69) is 23.3 Å². The van der Waals surface area contributed by atoms with Crippen LogP contribution in [0.1, 0.15) is 20.3 Å². The van der Waals surface area contributed by atoms with Gasteiger partial charge in [0.25, 0.3) is 0 Å². The van der Waals surface area contributed by atoms with Gasteiger partial charge in [-0.05, 0) is 12.3 Å². The summed E-state index contributed by atoms with van der Waals surface area (Å²) >= 11 is 0. The normalized spacial score (nSPS) is 9.82. The molecule has 4 heteroatoms. The maximum atomic E-state index is 10.5. The summed E-state index contributed by atoms with van der Waals surface area (Å²) in [6.45, 7) is 4.38. The third kappa shape index (κ3) is 7.12. The predicted octanol–water partition coefficient (Wildman–Crippen LogP) is 1.10. The summed E-state index contributed by atoms with van der Waals surface area (Å²) in [6, 6.07) is 0. The van der Waals surface area contributed by atoms with Gasteiger partial charge in [-0.2, -0.15) is 0 Å². The van der Waals surface area contributed by atoms with Crippen molar-refractivity contribution in [1.29, 1.82) is 0 Å². The maximum absolute atomic E-state index is 10.5. The van der Waals surface area contributed by atoms with Gasteiger partial charge in [0, 0.05) is 0 Å². The summed E-state index contributed by atoms with van der Waals surface area (Å²) in [7, 11) is 0. The number of rotatable bonds is 4. The Morgan fingerprint density at radius 3 is 2.55 bits per heavy atom. The standard InChI is InChI=1S/C7H15NO3/c1-6(2)3-4-10-7(9)11-5-8/h6H,3-5,8H2,1-2H3. The van der Waals surface area contributed by atoms with E-state index in [1.165, 1.54) is 0 Å². The van der Waals surface area contributed by atoms with Crippen LogP contribution in [0.25, 0.3) is 0 Å². The van der Waals surface area contributed by atoms with Crippen LogP contribution in [0, 0.1) is 5.92 Å². The molecule has 0 spiro atoms. The van der Waals surface area contributed by atoms with Gasteiger partial charge in [0.15, 0.2) is 0 Å². The molecule has 4 nitrogen and oxygen atoms in total. The van der Waals surface area contributed by atoms with Crippen molar-refractivity contribution in [3.8, 4) is 0 Å². The molecular formula is C7H15NO3. The van der Waals surface area contributed by atoms with Crippen LogP contribution in [0.4, 0.5) is 4.79 Å². The minimum absolute atomic E-state index is 0.124. The van der Waals surface area contributed by atoms with Crippen LogP contribution >= 0.6 is 0 Å². The van der Waals surface area contributed by atoms with Crippen LogP contribution in [0.15, 0.2) is 0 Å². The van der Waals surface area contributed by atoms with Crippen molar-refractivity contribution < 1.29 is 14.3 Å². The van der Waals surface area contributed by atoms with Crippen molar-refractivity contribution in [1.82, 2.24) is 0 Å². The van der Waals surface area contributed by atoms with E-state index < -0.39 is 6.16 Å². The molecule has 0 aromatic carbocycles. The van der Waals surface area contributed by atoms with Gasteiger partial charge >= 0.3 is 6.16 Å². The van der Waals surface area contributed by atoms with Gasteiger partial charge < -0.3 is 9.47 Å². The topological polar surface area (TPSA) is 61.5 Å². The van der Waals surface area contributed by atoms with E-state index in [0.29, 0.717) is 12.5 Å². The van der Waals surface area contributed by atoms with Gasteiger partial charge in [0.1, 0.15) is 6.73 Å². The average molecular weight is 161 g/mol. The molecule has 0 atom stereocenters. The van der Waals surface area contributed by atoms with Crippen molar-refractivity contribution in [2.45, 2.75) is 20.3 Å². The second-order valence-corrected chi connectivity index (χ2v) is 2.59. The molecule has 0 saturated carbocycles. The minimum Gasteiger partial charge on any atom is -0.434 e. The molecule has 0 radical (unpaired) electrons. The van der Waals surface area contributed by atoms with Crippen molar-refractivity contribution in [3.63, 3.8) is 0 Å². The Hall–Kier alpha value is -0.770. The summed E-state index contributed by atoms with van der Waals surface area (Å²) in [5, 5.41) is 0. The summed E-state index contributed by atoms with van der Waals surface area (Å²) in [4.78, 5) is 10.5. The number of carbonyl (C=O) groups excluding carboxylic acids is 1. The molecule has 0 aromatic heterocycles. The van der Waals surface area contributed by atoms with E-state index >= 15 is 0 Å². The van der Waals surface area contributed by atoms with Gasteiger partial charge in [0.2, 0.25) is 0 Å². The van der Waals surface area contributed by atoms with E-state index in [0.717, 1.165) is 6.42 Å². The summed E-state index contributed by atoms with van der Waals surface area (Å²) in [6.07, 6.45) is 0.160. The van der Waals surface area contributed by atoms with Crippen molar-refractivity contribution >= 4 is 6.16 Å². The quantitative estimate of drug-likeness (QED) is 0.495. The first-order valence-corrected chi connectivity index (χ1v) is 3.66. The lowest BCUT2D eigenvalue weighted by atomic mass is 10.1. The molecule has 0 heterocycles. The van der Waals surface area contributed by atoms with Crippen molar-refractivity contribution in [2.75, 3.05) is 13.3 Å². The van der Waals surface area contributed by atoms with Crippen molar-refractivity contribution in [2.24, 2.45) is 11.7 Å². The lowest BCUT2D eigenvalue weighted by Crippen LogP contribution is -2.14. The highest BCUT2D eigenvalue weighted by Crippen LogP contribution is 1.99. The van der Waals surface area contributed by atoms with E-state index in [-0.39, 0.29) is 6.73 Å². The van der Waals surface area contributed by atoms with E-state index in [9.17, 15) is 4.79 Å². The fourth-order valence-electron chi connectivity index (χ4n) is 0.488. The maximum Gasteiger partial charge on any atom is 0.509 e. The monoisotopic (exact) mass is 161 g/mol. The van der Waals surface area contributed by atoms with Gasteiger partial charge in [0.05, 0.1) is 6.61 Å². The molecular weight excluding hydrogens is 146 g/mol. The smallest absolute Gasteiger partial charge is 0.434 e. The van der Waals surface area contributed by atoms with Gasteiger partial charge in [-0.15, -0.1) is 0 Å². The second-order valence-electron chi connectivity index (χ2n) is 2.59. The molecule has 0 aromatic rings. The lowest BCUT2D eigenvalue weighted by Gasteiger charge is -2.05. The molecule has 66 valence electrons. The number of carbonyl (C=O) groups is 1. The molecule has 0 aliphatic rings. The highest BCUT2D eigenvalue weighted by molar-refractivity contribution is 5.59. The Balaban J connectivity index is 3.17. The SMILES string of the molecule is CC(C)CCOC(=O)OCN. The molecule has 11 heavy (non-hydrogen) atoms. The fraction of sp³-hybridized carbons (Fsp3) is 0.857. The molecule has 0 unspecified atom stereocenters. The van der Waals surface area contributed by atoms with E-state index in [1.54, 1.807) is 0 Å². The minimum atomic E-state index is -0.687. The highest BCUT2D eigenvalue weighted by atomic mass is 16.7. The zero-order valence-electron chi connectivity index (χ0n) is 7.00. The molecule has 2 N–H and O–H groups in total. The lowest BCUT2D eigenvalue weighted by molar-refractivity contribution is 0.0542. The van der Waals surface area contributed by atoms with Gasteiger partial charge in [-0.1, -0.05) is 13.8 Å². The third-order valence-corrected chi connectivity index (χ3v) is 1.12. The summed E-state index contributed by atoms with van der Waals surface area (Å²) < 4.78 is 8.99. The van der Waals surface area contributed by atoms with Crippen molar-refractivity contribution in [3.05, 3.63) is 0 Å². The molecule has 0 rings (SSSR count). The zero-order chi connectivity index (χ0) is 8.69. The summed E-state index contributed by atoms with van der Waals surface area (Å²) in [5.74, 6) is 0.528. The van der Waals surface area contributed by atoms with Crippen LogP contribution in [0.3, 0.4) is 0 Å². The van der Waals surface area contributed by atoms with E-state index in [1.807, 2.05) is 0 Å². The number of hydrogen-bond acceptors (Lipinski definition) is 4. The molecule has 0 bridgehead atoms. The van der Waals surface area contributed by atoms with Crippen LogP contribution in [-0.4, -0.2) is 19.5 Å². The van der Waals surface area contributed by atoms with Gasteiger partial charge in [-0.25, -0.2) is 4.79 Å². The second kappa shape index (κ2) is 5.97. The molecule has 0 amide bonds. The van der Waals surface area contributed by atoms with E-state index in [4.69, 9.17) is 5.73 Å². The van der Waals surface area contributed by atoms with Crippen LogP contribution in [-0.2, 0) is 9.47 Å². The number of nitrogens with two attached hydrogens (primary N) is 1. The number of hydrogen-bond donors (Lipinski definition) is 1. The molecule has 0 aliphatic heterocycles. The molecule has 0 fully saturated rings. The van der Waals surface area contributed by atoms with Crippen LogP contribution < -0.4 is 5.73 Å². The number of ether oxygens (including phenoxy) is 2. The Bertz CT molecular complexity index is 114. The third-order valence-electron chi connectivity index (χ3n) is 1.12. The highest BCUT2D eigenvalue weighted by Gasteiger charge is 2.01. The largest absolute Gasteiger partial charge is 0.509 e. The Morgan fingerprint density at radius 2 is 2.09 bits per heavy atom. The molecule has 0 aliphatic carbocycles.